The second kappa shape index (κ2) is 6.73. The second-order valence-electron chi connectivity index (χ2n) is 5.29. The van der Waals surface area contributed by atoms with Crippen LogP contribution >= 0.6 is 0 Å². The first-order chi connectivity index (χ1) is 9.53. The first-order valence-corrected chi connectivity index (χ1v) is 8.65. The molecule has 0 aliphatic carbocycles. The Morgan fingerprint density at radius 3 is 2.85 bits per heavy atom. The highest BCUT2D eigenvalue weighted by atomic mass is 32.2. The molecule has 2 fully saturated rings. The van der Waals surface area contributed by atoms with Gasteiger partial charge >= 0.3 is 16.3 Å². The van der Waals surface area contributed by atoms with Gasteiger partial charge in [0.25, 0.3) is 0 Å². The topological polar surface area (TPSA) is 87.7 Å². The molecule has 116 valence electrons. The van der Waals surface area contributed by atoms with Gasteiger partial charge in [0.05, 0.1) is 6.61 Å². The summed E-state index contributed by atoms with van der Waals surface area (Å²) >= 11 is 0. The van der Waals surface area contributed by atoms with Gasteiger partial charge in [0.1, 0.15) is 0 Å². The molecular weight excluding hydrogens is 282 g/mol. The van der Waals surface area contributed by atoms with Crippen LogP contribution < -0.4 is 10.0 Å². The largest absolute Gasteiger partial charge is 0.449 e. The van der Waals surface area contributed by atoms with E-state index in [0.29, 0.717) is 25.0 Å². The SMILES string of the molecule is CCOC(=O)NS(=O)(=O)N1CCCC(C2CCCN2)C1. The van der Waals surface area contributed by atoms with Crippen LogP contribution in [0.2, 0.25) is 0 Å². The summed E-state index contributed by atoms with van der Waals surface area (Å²) in [5.41, 5.74) is 0. The van der Waals surface area contributed by atoms with Crippen molar-refractivity contribution >= 4 is 16.3 Å². The van der Waals surface area contributed by atoms with Gasteiger partial charge in [-0.25, -0.2) is 9.52 Å². The van der Waals surface area contributed by atoms with E-state index in [1.165, 1.54) is 4.31 Å². The average Bonchev–Trinajstić information content (AvgIpc) is 2.92. The van der Waals surface area contributed by atoms with Crippen molar-refractivity contribution in [1.82, 2.24) is 14.3 Å². The molecule has 0 bridgehead atoms. The van der Waals surface area contributed by atoms with Crippen molar-refractivity contribution in [2.75, 3.05) is 26.2 Å². The van der Waals surface area contributed by atoms with Crippen molar-refractivity contribution in [3.05, 3.63) is 0 Å². The third kappa shape index (κ3) is 3.83. The van der Waals surface area contributed by atoms with E-state index in [1.807, 2.05) is 4.72 Å². The van der Waals surface area contributed by atoms with Crippen LogP contribution in [0.1, 0.15) is 32.6 Å². The van der Waals surface area contributed by atoms with E-state index in [1.54, 1.807) is 6.92 Å². The maximum atomic E-state index is 12.1. The lowest BCUT2D eigenvalue weighted by Crippen LogP contribution is -2.50. The predicted molar refractivity (Wildman–Crippen MR) is 74.4 cm³/mol. The number of rotatable bonds is 4. The number of carbonyl (C=O) groups is 1. The molecule has 2 aliphatic rings. The Morgan fingerprint density at radius 1 is 1.40 bits per heavy atom. The summed E-state index contributed by atoms with van der Waals surface area (Å²) in [6.45, 7) is 3.71. The third-order valence-electron chi connectivity index (χ3n) is 3.92. The van der Waals surface area contributed by atoms with Crippen LogP contribution in [0, 0.1) is 5.92 Å². The number of amides is 1. The van der Waals surface area contributed by atoms with Gasteiger partial charge < -0.3 is 10.1 Å². The number of nitrogens with one attached hydrogen (secondary N) is 2. The highest BCUT2D eigenvalue weighted by Gasteiger charge is 2.34. The van der Waals surface area contributed by atoms with Gasteiger partial charge in [-0.3, -0.25) is 0 Å². The standard InChI is InChI=1S/C12H23N3O4S/c1-2-19-12(16)14-20(17,18)15-8-4-5-10(9-15)11-6-3-7-13-11/h10-11,13H,2-9H2,1H3,(H,14,16). The number of carbonyl (C=O) groups excluding carboxylic acids is 1. The highest BCUT2D eigenvalue weighted by Crippen LogP contribution is 2.25. The molecule has 0 saturated carbocycles. The molecule has 0 radical (unpaired) electrons. The normalized spacial score (nSPS) is 28.2. The zero-order chi connectivity index (χ0) is 14.6. The number of ether oxygens (including phenoxy) is 1. The second-order valence-corrected chi connectivity index (χ2v) is 6.96. The Bertz CT molecular complexity index is 434. The van der Waals surface area contributed by atoms with E-state index >= 15 is 0 Å². The van der Waals surface area contributed by atoms with Crippen LogP contribution in [0.5, 0.6) is 0 Å². The fourth-order valence-electron chi connectivity index (χ4n) is 2.96. The average molecular weight is 305 g/mol. The lowest BCUT2D eigenvalue weighted by Gasteiger charge is -2.34. The van der Waals surface area contributed by atoms with Crippen LogP contribution in [-0.4, -0.2) is 51.1 Å². The van der Waals surface area contributed by atoms with Crippen molar-refractivity contribution in [2.24, 2.45) is 5.92 Å². The van der Waals surface area contributed by atoms with Gasteiger partial charge in [0.15, 0.2) is 0 Å². The molecule has 2 rings (SSSR count). The minimum Gasteiger partial charge on any atom is -0.449 e. The maximum absolute atomic E-state index is 12.1. The van der Waals surface area contributed by atoms with E-state index < -0.39 is 16.3 Å². The van der Waals surface area contributed by atoms with Crippen molar-refractivity contribution in [1.29, 1.82) is 0 Å². The van der Waals surface area contributed by atoms with Gasteiger partial charge in [0.2, 0.25) is 0 Å². The molecule has 0 aromatic carbocycles. The quantitative estimate of drug-likeness (QED) is 0.787. The Morgan fingerprint density at radius 2 is 2.20 bits per heavy atom. The Kier molecular flexibility index (Phi) is 5.22. The first-order valence-electron chi connectivity index (χ1n) is 7.21. The lowest BCUT2D eigenvalue weighted by molar-refractivity contribution is 0.157. The first kappa shape index (κ1) is 15.5. The summed E-state index contributed by atoms with van der Waals surface area (Å²) in [5, 5.41) is 3.43. The molecule has 2 N–H and O–H groups in total. The van der Waals surface area contributed by atoms with Crippen molar-refractivity contribution < 1.29 is 17.9 Å². The van der Waals surface area contributed by atoms with Crippen LogP contribution in [0.25, 0.3) is 0 Å². The van der Waals surface area contributed by atoms with E-state index in [-0.39, 0.29) is 6.61 Å². The van der Waals surface area contributed by atoms with E-state index in [0.717, 1.165) is 32.2 Å². The molecule has 1 amide bonds. The number of hydrogen-bond acceptors (Lipinski definition) is 5. The molecule has 0 spiro atoms. The molecule has 0 aromatic heterocycles. The lowest BCUT2D eigenvalue weighted by atomic mass is 9.91. The fraction of sp³-hybridized carbons (Fsp3) is 0.917. The number of hydrogen-bond donors (Lipinski definition) is 2. The van der Waals surface area contributed by atoms with Crippen LogP contribution in [0.3, 0.4) is 0 Å². The van der Waals surface area contributed by atoms with Crippen molar-refractivity contribution in [2.45, 2.75) is 38.6 Å². The van der Waals surface area contributed by atoms with Crippen LogP contribution in [-0.2, 0) is 14.9 Å². The van der Waals surface area contributed by atoms with Gasteiger partial charge in [0, 0.05) is 19.1 Å². The minimum atomic E-state index is -3.79. The van der Waals surface area contributed by atoms with E-state index in [9.17, 15) is 13.2 Å². The fourth-order valence-corrected chi connectivity index (χ4v) is 4.12. The maximum Gasteiger partial charge on any atom is 0.421 e. The summed E-state index contributed by atoms with van der Waals surface area (Å²) in [6, 6.07) is 0.399. The molecule has 20 heavy (non-hydrogen) atoms. The van der Waals surface area contributed by atoms with Crippen LogP contribution in [0.15, 0.2) is 0 Å². The smallest absolute Gasteiger partial charge is 0.421 e. The highest BCUT2D eigenvalue weighted by molar-refractivity contribution is 7.87. The van der Waals surface area contributed by atoms with Gasteiger partial charge in [-0.1, -0.05) is 0 Å². The molecule has 2 aliphatic heterocycles. The Balaban J connectivity index is 1.94. The summed E-state index contributed by atoms with van der Waals surface area (Å²) in [5.74, 6) is 0.324. The Labute approximate surface area is 120 Å². The molecular formula is C12H23N3O4S. The number of piperidine rings is 1. The summed E-state index contributed by atoms with van der Waals surface area (Å²) in [4.78, 5) is 11.3. The van der Waals surface area contributed by atoms with Crippen molar-refractivity contribution in [3.63, 3.8) is 0 Å². The Hall–Kier alpha value is -0.860. The molecule has 7 nitrogen and oxygen atoms in total. The molecule has 2 heterocycles. The van der Waals surface area contributed by atoms with Gasteiger partial charge in [-0.2, -0.15) is 12.7 Å². The summed E-state index contributed by atoms with van der Waals surface area (Å²) < 4.78 is 32.2. The monoisotopic (exact) mass is 305 g/mol. The molecule has 2 atom stereocenters. The van der Waals surface area contributed by atoms with Crippen LogP contribution in [0.4, 0.5) is 4.79 Å². The minimum absolute atomic E-state index is 0.149. The third-order valence-corrected chi connectivity index (χ3v) is 5.35. The van der Waals surface area contributed by atoms with Gasteiger partial charge in [-0.05, 0) is 45.1 Å². The molecule has 0 aromatic rings. The zero-order valence-corrected chi connectivity index (χ0v) is 12.6. The predicted octanol–water partition coefficient (Wildman–Crippen LogP) is 0.441. The van der Waals surface area contributed by atoms with Gasteiger partial charge in [-0.15, -0.1) is 0 Å². The molecule has 2 saturated heterocycles. The summed E-state index contributed by atoms with van der Waals surface area (Å²) in [7, 11) is -3.79. The number of nitrogens with zero attached hydrogens (tertiary/aromatic N) is 1. The van der Waals surface area contributed by atoms with E-state index in [4.69, 9.17) is 0 Å². The van der Waals surface area contributed by atoms with Crippen molar-refractivity contribution in [3.8, 4) is 0 Å². The molecule has 8 heteroatoms. The van der Waals surface area contributed by atoms with E-state index in [2.05, 4.69) is 10.1 Å². The zero-order valence-electron chi connectivity index (χ0n) is 11.8. The molecule has 2 unspecified atom stereocenters. The summed E-state index contributed by atoms with van der Waals surface area (Å²) in [6.07, 6.45) is 3.20.